The van der Waals surface area contributed by atoms with Crippen LogP contribution in [0.15, 0.2) is 18.2 Å². The number of nitro groups is 1. The third-order valence-corrected chi connectivity index (χ3v) is 3.45. The van der Waals surface area contributed by atoms with Gasteiger partial charge in [-0.15, -0.1) is 0 Å². The van der Waals surface area contributed by atoms with Gasteiger partial charge in [0.1, 0.15) is 12.0 Å². The van der Waals surface area contributed by atoms with E-state index in [0.717, 1.165) is 25.9 Å². The molecule has 0 amide bonds. The Morgan fingerprint density at radius 3 is 2.63 bits per heavy atom. The maximum absolute atomic E-state index is 11.1. The zero-order valence-electron chi connectivity index (χ0n) is 10.7. The molecule has 19 heavy (non-hydrogen) atoms. The number of nitro benzene ring substituents is 1. The van der Waals surface area contributed by atoms with Crippen LogP contribution >= 0.6 is 0 Å². The van der Waals surface area contributed by atoms with Gasteiger partial charge in [0, 0.05) is 31.8 Å². The maximum atomic E-state index is 11.1. The number of anilines is 1. The monoisotopic (exact) mass is 264 g/mol. The molecule has 1 aliphatic heterocycles. The van der Waals surface area contributed by atoms with Gasteiger partial charge in [0.15, 0.2) is 0 Å². The van der Waals surface area contributed by atoms with Gasteiger partial charge in [-0.3, -0.25) is 14.9 Å². The first-order valence-corrected chi connectivity index (χ1v) is 6.17. The number of nitrogens with zero attached hydrogens (tertiary/aromatic N) is 2. The Balaban J connectivity index is 2.24. The molecule has 0 radical (unpaired) electrons. The molecule has 0 N–H and O–H groups in total. The number of rotatable bonds is 4. The quantitative estimate of drug-likeness (QED) is 0.472. The van der Waals surface area contributed by atoms with Crippen LogP contribution < -0.4 is 4.90 Å². The lowest BCUT2D eigenvalue weighted by molar-refractivity contribution is -0.384. The highest BCUT2D eigenvalue weighted by Crippen LogP contribution is 2.31. The lowest BCUT2D eigenvalue weighted by Gasteiger charge is -2.32. The Morgan fingerprint density at radius 2 is 2.11 bits per heavy atom. The van der Waals surface area contributed by atoms with Gasteiger partial charge >= 0.3 is 0 Å². The van der Waals surface area contributed by atoms with E-state index in [1.807, 2.05) is 4.90 Å². The lowest BCUT2D eigenvalue weighted by Crippen LogP contribution is -2.36. The van der Waals surface area contributed by atoms with Gasteiger partial charge in [-0.1, -0.05) is 0 Å². The van der Waals surface area contributed by atoms with E-state index < -0.39 is 4.92 Å². The van der Waals surface area contributed by atoms with Crippen molar-refractivity contribution in [2.45, 2.75) is 18.9 Å². The molecule has 0 atom stereocenters. The molecule has 0 aliphatic carbocycles. The summed E-state index contributed by atoms with van der Waals surface area (Å²) in [4.78, 5) is 23.3. The van der Waals surface area contributed by atoms with E-state index >= 15 is 0 Å². The van der Waals surface area contributed by atoms with Crippen LogP contribution in [0.4, 0.5) is 11.4 Å². The Kier molecular flexibility index (Phi) is 4.11. The molecule has 2 rings (SSSR count). The Labute approximate surface area is 111 Å². The van der Waals surface area contributed by atoms with Gasteiger partial charge < -0.3 is 9.64 Å². The van der Waals surface area contributed by atoms with Gasteiger partial charge in [-0.25, -0.2) is 0 Å². The molecule has 0 spiro atoms. The molecule has 0 unspecified atom stereocenters. The van der Waals surface area contributed by atoms with Crippen molar-refractivity contribution >= 4 is 17.7 Å². The third-order valence-electron chi connectivity index (χ3n) is 3.45. The second-order valence-electron chi connectivity index (χ2n) is 4.55. The van der Waals surface area contributed by atoms with Crippen LogP contribution in [-0.4, -0.2) is 37.5 Å². The molecule has 0 bridgehead atoms. The van der Waals surface area contributed by atoms with Gasteiger partial charge in [-0.2, -0.15) is 0 Å². The molecule has 1 fully saturated rings. The summed E-state index contributed by atoms with van der Waals surface area (Å²) in [5, 5.41) is 11.1. The molecule has 0 saturated carbocycles. The van der Waals surface area contributed by atoms with Crippen molar-refractivity contribution in [2.24, 2.45) is 0 Å². The summed E-state index contributed by atoms with van der Waals surface area (Å²) in [6, 6.07) is 4.58. The molecule has 0 aromatic heterocycles. The summed E-state index contributed by atoms with van der Waals surface area (Å²) in [6.45, 7) is 1.44. The number of benzene rings is 1. The summed E-state index contributed by atoms with van der Waals surface area (Å²) < 4.78 is 5.28. The minimum atomic E-state index is -0.440. The standard InChI is InChI=1S/C13H16N2O4/c1-19-11-4-6-14(7-5-11)12-3-2-10(9-16)8-13(12)15(17)18/h2-3,8-9,11H,4-7H2,1H3. The van der Waals surface area contributed by atoms with Crippen molar-refractivity contribution < 1.29 is 14.5 Å². The fourth-order valence-electron chi connectivity index (χ4n) is 2.36. The predicted octanol–water partition coefficient (Wildman–Crippen LogP) is 2.02. The molecule has 6 nitrogen and oxygen atoms in total. The summed E-state index contributed by atoms with van der Waals surface area (Å²) in [5.41, 5.74) is 0.882. The smallest absolute Gasteiger partial charge is 0.293 e. The van der Waals surface area contributed by atoms with Crippen molar-refractivity contribution in [3.05, 3.63) is 33.9 Å². The molecule has 1 aromatic rings. The Bertz CT molecular complexity index is 482. The van der Waals surface area contributed by atoms with Crippen molar-refractivity contribution in [2.75, 3.05) is 25.1 Å². The van der Waals surface area contributed by atoms with E-state index in [-0.39, 0.29) is 11.8 Å². The molecule has 1 heterocycles. The van der Waals surface area contributed by atoms with Gasteiger partial charge in [0.25, 0.3) is 5.69 Å². The summed E-state index contributed by atoms with van der Waals surface area (Å²) in [7, 11) is 1.68. The van der Waals surface area contributed by atoms with E-state index in [1.165, 1.54) is 6.07 Å². The van der Waals surface area contributed by atoms with Crippen LogP contribution in [0.3, 0.4) is 0 Å². The van der Waals surface area contributed by atoms with Crippen LogP contribution in [0, 0.1) is 10.1 Å². The molecule has 6 heteroatoms. The second kappa shape index (κ2) is 5.79. The number of carbonyl (C=O) groups excluding carboxylic acids is 1. The number of piperidine rings is 1. The fraction of sp³-hybridized carbons (Fsp3) is 0.462. The molecule has 102 valence electrons. The zero-order chi connectivity index (χ0) is 13.8. The minimum absolute atomic E-state index is 0.0135. The highest BCUT2D eigenvalue weighted by Gasteiger charge is 2.24. The Morgan fingerprint density at radius 1 is 1.42 bits per heavy atom. The lowest BCUT2D eigenvalue weighted by atomic mass is 10.1. The SMILES string of the molecule is COC1CCN(c2ccc(C=O)cc2[N+](=O)[O-])CC1. The van der Waals surface area contributed by atoms with Crippen LogP contribution in [0.25, 0.3) is 0 Å². The molecule has 1 aliphatic rings. The predicted molar refractivity (Wildman–Crippen MR) is 70.7 cm³/mol. The largest absolute Gasteiger partial charge is 0.381 e. The summed E-state index contributed by atoms with van der Waals surface area (Å²) in [6.07, 6.45) is 2.55. The average molecular weight is 264 g/mol. The number of methoxy groups -OCH3 is 1. The van der Waals surface area contributed by atoms with Crippen molar-refractivity contribution in [1.29, 1.82) is 0 Å². The summed E-state index contributed by atoms with van der Waals surface area (Å²) >= 11 is 0. The maximum Gasteiger partial charge on any atom is 0.293 e. The highest BCUT2D eigenvalue weighted by molar-refractivity contribution is 5.79. The molecular formula is C13H16N2O4. The van der Waals surface area contributed by atoms with Crippen molar-refractivity contribution in [3.8, 4) is 0 Å². The molecular weight excluding hydrogens is 248 g/mol. The zero-order valence-corrected chi connectivity index (χ0v) is 10.7. The summed E-state index contributed by atoms with van der Waals surface area (Å²) in [5.74, 6) is 0. The molecule has 1 aromatic carbocycles. The first-order chi connectivity index (χ1) is 9.15. The average Bonchev–Trinajstić information content (AvgIpc) is 2.46. The highest BCUT2D eigenvalue weighted by atomic mass is 16.6. The van der Waals surface area contributed by atoms with Gasteiger partial charge in [0.05, 0.1) is 11.0 Å². The number of hydrogen-bond donors (Lipinski definition) is 0. The van der Waals surface area contributed by atoms with Crippen molar-refractivity contribution in [3.63, 3.8) is 0 Å². The van der Waals surface area contributed by atoms with Gasteiger partial charge in [-0.05, 0) is 25.0 Å². The van der Waals surface area contributed by atoms with Crippen LogP contribution in [0.2, 0.25) is 0 Å². The van der Waals surface area contributed by atoms with E-state index in [1.54, 1.807) is 19.2 Å². The first kappa shape index (κ1) is 13.5. The van der Waals surface area contributed by atoms with Crippen molar-refractivity contribution in [1.82, 2.24) is 0 Å². The number of hydrogen-bond acceptors (Lipinski definition) is 5. The van der Waals surface area contributed by atoms with Crippen LogP contribution in [-0.2, 0) is 4.74 Å². The Hall–Kier alpha value is -1.95. The van der Waals surface area contributed by atoms with E-state index in [2.05, 4.69) is 0 Å². The molecule has 1 saturated heterocycles. The fourth-order valence-corrected chi connectivity index (χ4v) is 2.36. The van der Waals surface area contributed by atoms with E-state index in [0.29, 0.717) is 17.5 Å². The number of aldehydes is 1. The van der Waals surface area contributed by atoms with Crippen LogP contribution in [0.5, 0.6) is 0 Å². The topological polar surface area (TPSA) is 72.7 Å². The number of ether oxygens (including phenoxy) is 1. The van der Waals surface area contributed by atoms with E-state index in [4.69, 9.17) is 4.74 Å². The third kappa shape index (κ3) is 2.90. The van der Waals surface area contributed by atoms with Gasteiger partial charge in [0.2, 0.25) is 0 Å². The normalized spacial score (nSPS) is 16.4. The minimum Gasteiger partial charge on any atom is -0.381 e. The second-order valence-corrected chi connectivity index (χ2v) is 4.55. The van der Waals surface area contributed by atoms with Crippen LogP contribution in [0.1, 0.15) is 23.2 Å². The number of carbonyl (C=O) groups is 1. The first-order valence-electron chi connectivity index (χ1n) is 6.17. The van der Waals surface area contributed by atoms with E-state index in [9.17, 15) is 14.9 Å².